The van der Waals surface area contributed by atoms with E-state index in [4.69, 9.17) is 0 Å². The highest BCUT2D eigenvalue weighted by Crippen LogP contribution is 2.28. The van der Waals surface area contributed by atoms with E-state index in [1.165, 1.54) is 45.2 Å². The topological polar surface area (TPSA) is 15.3 Å². The van der Waals surface area contributed by atoms with E-state index in [0.29, 0.717) is 12.1 Å². The Labute approximate surface area is 115 Å². The molecule has 0 aliphatic heterocycles. The Balaban J connectivity index is 2.48. The molecule has 1 aliphatic carbocycles. The molecule has 0 aromatic carbocycles. The molecule has 0 amide bonds. The lowest BCUT2D eigenvalue weighted by molar-refractivity contribution is 0.167. The maximum Gasteiger partial charge on any atom is 0.0223 e. The fourth-order valence-electron chi connectivity index (χ4n) is 3.06. The van der Waals surface area contributed by atoms with Crippen LogP contribution in [0.3, 0.4) is 0 Å². The molecule has 0 spiro atoms. The number of nitrogens with one attached hydrogen (secondary N) is 1. The highest BCUT2D eigenvalue weighted by Gasteiger charge is 2.26. The molecule has 2 unspecified atom stereocenters. The Morgan fingerprint density at radius 3 is 2.28 bits per heavy atom. The van der Waals surface area contributed by atoms with E-state index < -0.39 is 0 Å². The van der Waals surface area contributed by atoms with Gasteiger partial charge in [-0.2, -0.15) is 0 Å². The zero-order valence-corrected chi connectivity index (χ0v) is 13.2. The second-order valence-corrected chi connectivity index (χ2v) is 6.53. The van der Waals surface area contributed by atoms with Gasteiger partial charge in [-0.15, -0.1) is 0 Å². The largest absolute Gasteiger partial charge is 0.312 e. The Hall–Kier alpha value is -0.0800. The average Bonchev–Trinajstić information content (AvgIpc) is 2.86. The van der Waals surface area contributed by atoms with Gasteiger partial charge in [0, 0.05) is 18.6 Å². The van der Waals surface area contributed by atoms with Crippen LogP contribution < -0.4 is 5.32 Å². The molecule has 1 N–H and O–H groups in total. The molecule has 0 aromatic heterocycles. The highest BCUT2D eigenvalue weighted by molar-refractivity contribution is 4.84. The summed E-state index contributed by atoms with van der Waals surface area (Å²) in [5.41, 5.74) is 0. The molecule has 18 heavy (non-hydrogen) atoms. The molecule has 1 fully saturated rings. The van der Waals surface area contributed by atoms with Crippen LogP contribution in [0, 0.1) is 11.8 Å². The van der Waals surface area contributed by atoms with E-state index in [1.807, 2.05) is 0 Å². The van der Waals surface area contributed by atoms with Gasteiger partial charge in [-0.1, -0.05) is 33.6 Å². The first-order chi connectivity index (χ1) is 8.56. The molecule has 1 rings (SSSR count). The van der Waals surface area contributed by atoms with Gasteiger partial charge in [0.25, 0.3) is 0 Å². The number of hydrogen-bond acceptors (Lipinski definition) is 2. The maximum atomic E-state index is 3.79. The summed E-state index contributed by atoms with van der Waals surface area (Å²) in [6, 6.07) is 1.39. The zero-order valence-electron chi connectivity index (χ0n) is 13.2. The van der Waals surface area contributed by atoms with Crippen LogP contribution >= 0.6 is 0 Å². The second-order valence-electron chi connectivity index (χ2n) is 6.53. The Bertz CT molecular complexity index is 209. The predicted molar refractivity (Wildman–Crippen MR) is 81.0 cm³/mol. The third-order valence-electron chi connectivity index (χ3n) is 4.77. The van der Waals surface area contributed by atoms with Gasteiger partial charge >= 0.3 is 0 Å². The van der Waals surface area contributed by atoms with Gasteiger partial charge in [0.15, 0.2) is 0 Å². The van der Waals surface area contributed by atoms with Gasteiger partial charge in [0.1, 0.15) is 0 Å². The van der Waals surface area contributed by atoms with Crippen LogP contribution in [0.4, 0.5) is 0 Å². The van der Waals surface area contributed by atoms with Crippen molar-refractivity contribution in [3.63, 3.8) is 0 Å². The Morgan fingerprint density at radius 2 is 1.78 bits per heavy atom. The number of nitrogens with zero attached hydrogens (tertiary/aromatic N) is 1. The summed E-state index contributed by atoms with van der Waals surface area (Å²) in [5, 5.41) is 3.79. The zero-order chi connectivity index (χ0) is 13.5. The summed E-state index contributed by atoms with van der Waals surface area (Å²) in [4.78, 5) is 2.55. The smallest absolute Gasteiger partial charge is 0.0223 e. The Kier molecular flexibility index (Phi) is 7.25. The first kappa shape index (κ1) is 16.0. The van der Waals surface area contributed by atoms with E-state index in [2.05, 4.69) is 45.0 Å². The highest BCUT2D eigenvalue weighted by atomic mass is 15.2. The van der Waals surface area contributed by atoms with E-state index in [1.54, 1.807) is 0 Å². The molecular weight excluding hydrogens is 220 g/mol. The molecule has 0 bridgehead atoms. The molecule has 0 radical (unpaired) electrons. The first-order valence-electron chi connectivity index (χ1n) is 7.99. The van der Waals surface area contributed by atoms with E-state index >= 15 is 0 Å². The SMILES string of the molecule is CCCNC(CN(C)C(C)C(C)C)C1CCCC1. The standard InChI is InChI=1S/C16H34N2/c1-6-11-17-16(15-9-7-8-10-15)12-18(5)14(4)13(2)3/h13-17H,6-12H2,1-5H3. The molecular formula is C16H34N2. The number of rotatable bonds is 8. The van der Waals surface area contributed by atoms with Crippen LogP contribution in [-0.4, -0.2) is 37.1 Å². The molecule has 0 aromatic rings. The molecule has 2 atom stereocenters. The van der Waals surface area contributed by atoms with Crippen molar-refractivity contribution in [2.24, 2.45) is 11.8 Å². The summed E-state index contributed by atoms with van der Waals surface area (Å²) in [6.45, 7) is 11.7. The van der Waals surface area contributed by atoms with Crippen molar-refractivity contribution in [3.8, 4) is 0 Å². The maximum absolute atomic E-state index is 3.79. The minimum absolute atomic E-state index is 0.678. The van der Waals surface area contributed by atoms with Crippen LogP contribution in [0.15, 0.2) is 0 Å². The van der Waals surface area contributed by atoms with Crippen molar-refractivity contribution in [2.45, 2.75) is 71.9 Å². The third kappa shape index (κ3) is 4.89. The fraction of sp³-hybridized carbons (Fsp3) is 1.00. The number of likely N-dealkylation sites (N-methyl/N-ethyl adjacent to an activating group) is 1. The van der Waals surface area contributed by atoms with E-state index in [0.717, 1.165) is 11.8 Å². The predicted octanol–water partition coefficient (Wildman–Crippen LogP) is 3.52. The van der Waals surface area contributed by atoms with Crippen molar-refractivity contribution in [2.75, 3.05) is 20.1 Å². The van der Waals surface area contributed by atoms with Gasteiger partial charge in [0.05, 0.1) is 0 Å². The lowest BCUT2D eigenvalue weighted by Crippen LogP contribution is -2.47. The summed E-state index contributed by atoms with van der Waals surface area (Å²) in [5.74, 6) is 1.66. The molecule has 2 heteroatoms. The lowest BCUT2D eigenvalue weighted by Gasteiger charge is -2.34. The third-order valence-corrected chi connectivity index (χ3v) is 4.77. The normalized spacial score (nSPS) is 20.8. The van der Waals surface area contributed by atoms with Crippen LogP contribution in [0.2, 0.25) is 0 Å². The van der Waals surface area contributed by atoms with Crippen LogP contribution in [0.1, 0.15) is 59.8 Å². The summed E-state index contributed by atoms with van der Waals surface area (Å²) in [6.07, 6.45) is 7.00. The van der Waals surface area contributed by atoms with Crippen molar-refractivity contribution in [1.82, 2.24) is 10.2 Å². The second kappa shape index (κ2) is 8.16. The van der Waals surface area contributed by atoms with Crippen molar-refractivity contribution < 1.29 is 0 Å². The molecule has 108 valence electrons. The van der Waals surface area contributed by atoms with Crippen LogP contribution in [-0.2, 0) is 0 Å². The van der Waals surface area contributed by atoms with Crippen molar-refractivity contribution in [1.29, 1.82) is 0 Å². The molecule has 2 nitrogen and oxygen atoms in total. The van der Waals surface area contributed by atoms with Crippen LogP contribution in [0.5, 0.6) is 0 Å². The summed E-state index contributed by atoms with van der Waals surface area (Å²) >= 11 is 0. The molecule has 1 saturated carbocycles. The number of hydrogen-bond donors (Lipinski definition) is 1. The Morgan fingerprint density at radius 1 is 1.17 bits per heavy atom. The fourth-order valence-corrected chi connectivity index (χ4v) is 3.06. The summed E-state index contributed by atoms with van der Waals surface area (Å²) in [7, 11) is 2.29. The minimum atomic E-state index is 0.678. The summed E-state index contributed by atoms with van der Waals surface area (Å²) < 4.78 is 0. The minimum Gasteiger partial charge on any atom is -0.312 e. The quantitative estimate of drug-likeness (QED) is 0.713. The van der Waals surface area contributed by atoms with Crippen molar-refractivity contribution >= 4 is 0 Å². The lowest BCUT2D eigenvalue weighted by atomic mass is 9.96. The van der Waals surface area contributed by atoms with E-state index in [-0.39, 0.29) is 0 Å². The average molecular weight is 254 g/mol. The van der Waals surface area contributed by atoms with Gasteiger partial charge in [-0.3, -0.25) is 0 Å². The first-order valence-corrected chi connectivity index (χ1v) is 7.99. The van der Waals surface area contributed by atoms with Gasteiger partial charge < -0.3 is 10.2 Å². The van der Waals surface area contributed by atoms with Gasteiger partial charge in [-0.25, -0.2) is 0 Å². The molecule has 0 saturated heterocycles. The van der Waals surface area contributed by atoms with Gasteiger partial charge in [-0.05, 0) is 51.6 Å². The monoisotopic (exact) mass is 254 g/mol. The van der Waals surface area contributed by atoms with Crippen LogP contribution in [0.25, 0.3) is 0 Å². The van der Waals surface area contributed by atoms with Gasteiger partial charge in [0.2, 0.25) is 0 Å². The molecule has 1 aliphatic rings. The van der Waals surface area contributed by atoms with E-state index in [9.17, 15) is 0 Å². The molecule has 0 heterocycles. The van der Waals surface area contributed by atoms with Crippen molar-refractivity contribution in [3.05, 3.63) is 0 Å².